The summed E-state index contributed by atoms with van der Waals surface area (Å²) in [6, 6.07) is 52.9. The zero-order chi connectivity index (χ0) is 46.1. The molecule has 0 unspecified atom stereocenters. The van der Waals surface area contributed by atoms with E-state index in [2.05, 4.69) is 205 Å². The van der Waals surface area contributed by atoms with Crippen molar-refractivity contribution in [2.75, 3.05) is 4.81 Å². The summed E-state index contributed by atoms with van der Waals surface area (Å²) in [5.74, 6) is 0. The number of anilines is 2. The average molecular weight is 913 g/mol. The zero-order valence-corrected chi connectivity index (χ0v) is 42.0. The smallest absolute Gasteiger partial charge is 0.333 e. The Bertz CT molecular complexity index is 4110. The van der Waals surface area contributed by atoms with Gasteiger partial charge < -0.3 is 9.38 Å². The molecule has 3 aromatic heterocycles. The molecule has 4 aliphatic rings. The van der Waals surface area contributed by atoms with Gasteiger partial charge >= 0.3 is 6.85 Å². The molecule has 68 heavy (non-hydrogen) atoms. The molecule has 2 aliphatic carbocycles. The van der Waals surface area contributed by atoms with Gasteiger partial charge in [0.1, 0.15) is 0 Å². The van der Waals surface area contributed by atoms with Crippen LogP contribution in [0.25, 0.3) is 90.1 Å². The lowest BCUT2D eigenvalue weighted by atomic mass is 9.43. The fourth-order valence-electron chi connectivity index (χ4n) is 13.6. The zero-order valence-electron chi connectivity index (χ0n) is 40.4. The predicted octanol–water partition coefficient (Wildman–Crippen LogP) is 16.7. The molecule has 8 aromatic carbocycles. The van der Waals surface area contributed by atoms with Gasteiger partial charge in [-0.2, -0.15) is 0 Å². The van der Waals surface area contributed by atoms with Gasteiger partial charge in [-0.3, -0.25) is 0 Å². The Hall–Kier alpha value is -6.14. The summed E-state index contributed by atoms with van der Waals surface area (Å²) in [5, 5.41) is 8.27. The van der Waals surface area contributed by atoms with Crippen molar-refractivity contribution in [3.05, 3.63) is 161 Å². The highest BCUT2D eigenvalue weighted by Gasteiger charge is 2.48. The van der Waals surface area contributed by atoms with Gasteiger partial charge in [-0.05, 0) is 140 Å². The largest absolute Gasteiger partial charge is 0.376 e. The van der Waals surface area contributed by atoms with Crippen LogP contribution in [0.2, 0.25) is 0 Å². The van der Waals surface area contributed by atoms with Crippen LogP contribution in [0.3, 0.4) is 0 Å². The minimum absolute atomic E-state index is 0.0357. The van der Waals surface area contributed by atoms with E-state index in [4.69, 9.17) is 0 Å². The molecule has 0 amide bonds. The van der Waals surface area contributed by atoms with Crippen molar-refractivity contribution in [2.45, 2.75) is 96.8 Å². The summed E-state index contributed by atoms with van der Waals surface area (Å²) in [5.41, 5.74) is 22.1. The fourth-order valence-corrected chi connectivity index (χ4v) is 16.1. The first-order chi connectivity index (χ1) is 32.6. The SMILES string of the molecule is CC(C)(C)c1ccc(N2B3c4cc5sc6ccccc6c5cc4-n4c5cc6c(cc5c5c7c(sc8ccccc87)c(c3c54)-c3cc4c(cc32)C(C)(C)c2ccccc2-4)C(C)(C)CCC6(C)C)cc1. The molecule has 5 heterocycles. The van der Waals surface area contributed by atoms with Gasteiger partial charge in [0, 0.05) is 84.7 Å². The monoisotopic (exact) mass is 912 g/mol. The first-order valence-electron chi connectivity index (χ1n) is 24.7. The Morgan fingerprint density at radius 2 is 1.21 bits per heavy atom. The van der Waals surface area contributed by atoms with Crippen molar-refractivity contribution in [2.24, 2.45) is 0 Å². The molecule has 0 atom stereocenters. The first kappa shape index (κ1) is 39.8. The Morgan fingerprint density at radius 1 is 0.529 bits per heavy atom. The highest BCUT2D eigenvalue weighted by Crippen LogP contribution is 2.58. The topological polar surface area (TPSA) is 8.17 Å². The van der Waals surface area contributed by atoms with Gasteiger partial charge in [0.15, 0.2) is 0 Å². The fraction of sp³-hybridized carbons (Fsp3) is 0.238. The molecule has 0 N–H and O–H groups in total. The Morgan fingerprint density at radius 3 is 1.96 bits per heavy atom. The third-order valence-electron chi connectivity index (χ3n) is 17.4. The Kier molecular flexibility index (Phi) is 7.46. The van der Waals surface area contributed by atoms with Crippen LogP contribution in [-0.4, -0.2) is 11.4 Å². The number of aromatic nitrogens is 1. The van der Waals surface area contributed by atoms with Crippen LogP contribution in [0, 0.1) is 0 Å². The Labute approximate surface area is 407 Å². The number of benzene rings is 8. The molecular formula is C63H53BN2S2. The number of hydrogen-bond donors (Lipinski definition) is 0. The van der Waals surface area contributed by atoms with Crippen molar-refractivity contribution in [1.29, 1.82) is 0 Å². The third-order valence-corrected chi connectivity index (χ3v) is 19.7. The second-order valence-electron chi connectivity index (χ2n) is 23.5. The van der Waals surface area contributed by atoms with Crippen molar-refractivity contribution < 1.29 is 0 Å². The second-order valence-corrected chi connectivity index (χ2v) is 25.6. The number of fused-ring (bicyclic) bond motifs is 20. The number of nitrogens with zero attached hydrogens (tertiary/aromatic N) is 2. The second kappa shape index (κ2) is 12.7. The molecule has 5 heteroatoms. The van der Waals surface area contributed by atoms with Crippen LogP contribution >= 0.6 is 22.7 Å². The summed E-state index contributed by atoms with van der Waals surface area (Å²) >= 11 is 3.95. The molecule has 2 nitrogen and oxygen atoms in total. The first-order valence-corrected chi connectivity index (χ1v) is 26.4. The third kappa shape index (κ3) is 4.89. The highest BCUT2D eigenvalue weighted by atomic mass is 32.1. The van der Waals surface area contributed by atoms with Crippen LogP contribution in [0.15, 0.2) is 133 Å². The quantitative estimate of drug-likeness (QED) is 0.149. The van der Waals surface area contributed by atoms with E-state index >= 15 is 0 Å². The van der Waals surface area contributed by atoms with E-state index in [1.54, 1.807) is 0 Å². The standard InChI is InChI=1S/C63H53BN2S2/c1-60(2,3)34-22-24-35(25-23-34)66-49-31-44-39(36-16-10-13-19-43(36)63(44,8)9)28-41(49)56-57-58-54(55-38-18-12-15-21-52(38)68-59(55)56)42-29-45-46(62(6,7)27-26-61(45,4)5)32-48(42)65(58)50-30-40-37-17-11-14-20-51(37)67-53(40)33-47(50)64(57)66/h10-25,28-33H,26-27H2,1-9H3. The maximum absolute atomic E-state index is 2.78. The average Bonchev–Trinajstić information content (AvgIpc) is 4.05. The molecule has 11 aromatic rings. The number of rotatable bonds is 1. The molecule has 15 rings (SSSR count). The molecule has 0 saturated heterocycles. The van der Waals surface area contributed by atoms with Gasteiger partial charge in [-0.15, -0.1) is 22.7 Å². The molecule has 2 aliphatic heterocycles. The number of thiophene rings is 2. The summed E-state index contributed by atoms with van der Waals surface area (Å²) in [6.07, 6.45) is 2.36. The van der Waals surface area contributed by atoms with Crippen molar-refractivity contribution in [1.82, 2.24) is 4.57 Å². The van der Waals surface area contributed by atoms with Crippen molar-refractivity contribution in [3.63, 3.8) is 0 Å². The lowest BCUT2D eigenvalue weighted by Gasteiger charge is -2.43. The van der Waals surface area contributed by atoms with E-state index in [9.17, 15) is 0 Å². The van der Waals surface area contributed by atoms with Crippen LogP contribution in [-0.2, 0) is 21.7 Å². The highest BCUT2D eigenvalue weighted by molar-refractivity contribution is 7.27. The van der Waals surface area contributed by atoms with E-state index in [1.807, 2.05) is 22.7 Å². The van der Waals surface area contributed by atoms with Gasteiger partial charge in [0.05, 0.1) is 11.0 Å². The van der Waals surface area contributed by atoms with E-state index in [0.29, 0.717) is 0 Å². The van der Waals surface area contributed by atoms with Crippen LogP contribution < -0.4 is 15.7 Å². The summed E-state index contributed by atoms with van der Waals surface area (Å²) in [4.78, 5) is 2.78. The normalized spacial score (nSPS) is 17.1. The molecular weight excluding hydrogens is 860 g/mol. The van der Waals surface area contributed by atoms with Gasteiger partial charge in [0.2, 0.25) is 0 Å². The van der Waals surface area contributed by atoms with E-state index in [0.717, 1.165) is 0 Å². The van der Waals surface area contributed by atoms with Gasteiger partial charge in [-0.25, -0.2) is 0 Å². The molecule has 0 bridgehead atoms. The van der Waals surface area contributed by atoms with E-state index < -0.39 is 0 Å². The van der Waals surface area contributed by atoms with Crippen molar-refractivity contribution in [3.8, 4) is 27.9 Å². The lowest BCUT2D eigenvalue weighted by molar-refractivity contribution is 0.332. The van der Waals surface area contributed by atoms with Gasteiger partial charge in [-0.1, -0.05) is 135 Å². The van der Waals surface area contributed by atoms with E-state index in [-0.39, 0.29) is 28.5 Å². The van der Waals surface area contributed by atoms with Crippen LogP contribution in [0.4, 0.5) is 11.4 Å². The van der Waals surface area contributed by atoms with Crippen LogP contribution in [0.1, 0.15) is 103 Å². The van der Waals surface area contributed by atoms with E-state index in [1.165, 1.54) is 153 Å². The van der Waals surface area contributed by atoms with Gasteiger partial charge in [0.25, 0.3) is 0 Å². The summed E-state index contributed by atoms with van der Waals surface area (Å²) < 4.78 is 8.23. The minimum Gasteiger partial charge on any atom is -0.376 e. The number of hydrogen-bond acceptors (Lipinski definition) is 3. The molecule has 0 saturated carbocycles. The predicted molar refractivity (Wildman–Crippen MR) is 297 cm³/mol. The summed E-state index contributed by atoms with van der Waals surface area (Å²) in [7, 11) is 0. The van der Waals surface area contributed by atoms with Crippen molar-refractivity contribution >= 4 is 114 Å². The van der Waals surface area contributed by atoms with Crippen LogP contribution in [0.5, 0.6) is 0 Å². The summed E-state index contributed by atoms with van der Waals surface area (Å²) in [6.45, 7) is 21.7. The minimum atomic E-state index is -0.152. The lowest BCUT2D eigenvalue weighted by Crippen LogP contribution is -2.60. The maximum atomic E-state index is 2.78. The molecule has 0 spiro atoms. The Balaban J connectivity index is 1.20. The molecule has 0 radical (unpaired) electrons. The molecule has 330 valence electrons. The maximum Gasteiger partial charge on any atom is 0.333 e. The molecule has 0 fully saturated rings.